The van der Waals surface area contributed by atoms with Gasteiger partial charge < -0.3 is 10.3 Å². The van der Waals surface area contributed by atoms with Crippen molar-refractivity contribution in [3.8, 4) is 0 Å². The number of hydrogen-bond acceptors (Lipinski definition) is 1. The van der Waals surface area contributed by atoms with E-state index in [0.29, 0.717) is 24.0 Å². The van der Waals surface area contributed by atoms with Gasteiger partial charge in [-0.15, -0.1) is 0 Å². The summed E-state index contributed by atoms with van der Waals surface area (Å²) in [7, 11) is 0. The number of nitrogens with one attached hydrogen (secondary N) is 2. The standard InChI is InChI=1S/C19H18F2N2O/c1-11-3-8-16(21)18-17(11)15(12(2)23-18)9-10-22-19(24)13-4-6-14(20)7-5-13/h3-8,23H,9-10H2,1-2H3,(H,22,24). The molecule has 1 aromatic heterocycles. The lowest BCUT2D eigenvalue weighted by Gasteiger charge is -2.07. The molecule has 3 aromatic rings. The number of rotatable bonds is 4. The van der Waals surface area contributed by atoms with Gasteiger partial charge in [-0.2, -0.15) is 0 Å². The molecule has 0 saturated heterocycles. The van der Waals surface area contributed by atoms with E-state index in [1.807, 2.05) is 13.8 Å². The second-order valence-corrected chi connectivity index (χ2v) is 5.86. The first-order valence-electron chi connectivity index (χ1n) is 7.77. The second-order valence-electron chi connectivity index (χ2n) is 5.86. The van der Waals surface area contributed by atoms with Crippen LogP contribution < -0.4 is 5.32 Å². The lowest BCUT2D eigenvalue weighted by Crippen LogP contribution is -2.25. The summed E-state index contributed by atoms with van der Waals surface area (Å²) in [5.74, 6) is -0.908. The number of fused-ring (bicyclic) bond motifs is 1. The van der Waals surface area contributed by atoms with Crippen molar-refractivity contribution in [1.82, 2.24) is 10.3 Å². The van der Waals surface area contributed by atoms with E-state index in [9.17, 15) is 13.6 Å². The maximum Gasteiger partial charge on any atom is 0.251 e. The first-order chi connectivity index (χ1) is 11.5. The van der Waals surface area contributed by atoms with Crippen LogP contribution in [0.25, 0.3) is 10.9 Å². The van der Waals surface area contributed by atoms with Gasteiger partial charge in [0.15, 0.2) is 0 Å². The lowest BCUT2D eigenvalue weighted by atomic mass is 10.0. The molecule has 1 amide bonds. The molecule has 0 spiro atoms. The summed E-state index contributed by atoms with van der Waals surface area (Å²) in [5.41, 5.74) is 3.81. The Hall–Kier alpha value is -2.69. The Labute approximate surface area is 138 Å². The van der Waals surface area contributed by atoms with E-state index in [2.05, 4.69) is 10.3 Å². The van der Waals surface area contributed by atoms with Crippen LogP contribution in [0.3, 0.4) is 0 Å². The Kier molecular flexibility index (Phi) is 4.34. The molecule has 0 radical (unpaired) electrons. The van der Waals surface area contributed by atoms with Crippen LogP contribution in [0.2, 0.25) is 0 Å². The van der Waals surface area contributed by atoms with Crippen LogP contribution in [-0.4, -0.2) is 17.4 Å². The van der Waals surface area contributed by atoms with E-state index in [-0.39, 0.29) is 17.5 Å². The van der Waals surface area contributed by atoms with Crippen LogP contribution in [0.15, 0.2) is 36.4 Å². The lowest BCUT2D eigenvalue weighted by molar-refractivity contribution is 0.0954. The quantitative estimate of drug-likeness (QED) is 0.746. The van der Waals surface area contributed by atoms with Gasteiger partial charge in [-0.3, -0.25) is 4.79 Å². The molecular formula is C19H18F2N2O. The number of hydrogen-bond donors (Lipinski definition) is 2. The summed E-state index contributed by atoms with van der Waals surface area (Å²) in [6, 6.07) is 8.61. The fraction of sp³-hybridized carbons (Fsp3) is 0.211. The molecule has 3 rings (SSSR count). The third kappa shape index (κ3) is 3.02. The molecule has 1 heterocycles. The van der Waals surface area contributed by atoms with Gasteiger partial charge in [0.05, 0.1) is 5.52 Å². The Morgan fingerprint density at radius 3 is 2.50 bits per heavy atom. The zero-order chi connectivity index (χ0) is 17.3. The molecule has 0 aliphatic carbocycles. The molecule has 0 atom stereocenters. The highest BCUT2D eigenvalue weighted by molar-refractivity contribution is 5.94. The molecule has 0 unspecified atom stereocenters. The third-order valence-electron chi connectivity index (χ3n) is 4.20. The number of amides is 1. The van der Waals surface area contributed by atoms with Crippen molar-refractivity contribution in [2.24, 2.45) is 0 Å². The summed E-state index contributed by atoms with van der Waals surface area (Å²) in [6.45, 7) is 4.26. The van der Waals surface area contributed by atoms with Crippen molar-refractivity contribution in [2.75, 3.05) is 6.54 Å². The molecule has 2 aromatic carbocycles. The van der Waals surface area contributed by atoms with Gasteiger partial charge >= 0.3 is 0 Å². The molecule has 0 fully saturated rings. The fourth-order valence-corrected chi connectivity index (χ4v) is 2.96. The maximum atomic E-state index is 13.9. The summed E-state index contributed by atoms with van der Waals surface area (Å²) < 4.78 is 26.8. The van der Waals surface area contributed by atoms with E-state index in [4.69, 9.17) is 0 Å². The van der Waals surface area contributed by atoms with Crippen molar-refractivity contribution < 1.29 is 13.6 Å². The molecule has 0 aliphatic rings. The smallest absolute Gasteiger partial charge is 0.251 e. The van der Waals surface area contributed by atoms with Gasteiger partial charge in [-0.05, 0) is 61.7 Å². The average molecular weight is 328 g/mol. The van der Waals surface area contributed by atoms with Gasteiger partial charge in [0.2, 0.25) is 0 Å². The molecule has 0 bridgehead atoms. The van der Waals surface area contributed by atoms with Gasteiger partial charge in [-0.1, -0.05) is 6.07 Å². The number of carbonyl (C=O) groups excluding carboxylic acids is 1. The minimum absolute atomic E-state index is 0.254. The first kappa shape index (κ1) is 16.2. The van der Waals surface area contributed by atoms with Crippen LogP contribution in [0.5, 0.6) is 0 Å². The highest BCUT2D eigenvalue weighted by atomic mass is 19.1. The number of aromatic amines is 1. The Morgan fingerprint density at radius 2 is 1.79 bits per heavy atom. The highest BCUT2D eigenvalue weighted by Crippen LogP contribution is 2.27. The van der Waals surface area contributed by atoms with E-state index in [0.717, 1.165) is 22.2 Å². The Bertz CT molecular complexity index is 898. The molecule has 0 saturated carbocycles. The van der Waals surface area contributed by atoms with Crippen LogP contribution in [0, 0.1) is 25.5 Å². The van der Waals surface area contributed by atoms with E-state index in [1.54, 1.807) is 6.07 Å². The predicted molar refractivity (Wildman–Crippen MR) is 90.2 cm³/mol. The monoisotopic (exact) mass is 328 g/mol. The van der Waals surface area contributed by atoms with Crippen LogP contribution in [-0.2, 0) is 6.42 Å². The Balaban J connectivity index is 1.74. The maximum absolute atomic E-state index is 13.9. The largest absolute Gasteiger partial charge is 0.356 e. The van der Waals surface area contributed by atoms with Gasteiger partial charge in [-0.25, -0.2) is 8.78 Å². The van der Waals surface area contributed by atoms with E-state index < -0.39 is 0 Å². The van der Waals surface area contributed by atoms with Crippen molar-refractivity contribution >= 4 is 16.8 Å². The fourth-order valence-electron chi connectivity index (χ4n) is 2.96. The zero-order valence-electron chi connectivity index (χ0n) is 13.5. The zero-order valence-corrected chi connectivity index (χ0v) is 13.5. The van der Waals surface area contributed by atoms with Crippen LogP contribution in [0.4, 0.5) is 8.78 Å². The summed E-state index contributed by atoms with van der Waals surface area (Å²) in [6.07, 6.45) is 0.586. The van der Waals surface area contributed by atoms with Crippen molar-refractivity contribution in [3.63, 3.8) is 0 Å². The predicted octanol–water partition coefficient (Wildman–Crippen LogP) is 4.04. The topological polar surface area (TPSA) is 44.9 Å². The van der Waals surface area contributed by atoms with Gasteiger partial charge in [0.1, 0.15) is 11.6 Å². The van der Waals surface area contributed by atoms with Gasteiger partial charge in [0.25, 0.3) is 5.91 Å². The SMILES string of the molecule is Cc1[nH]c2c(F)ccc(C)c2c1CCNC(=O)c1ccc(F)cc1. The number of H-pyrrole nitrogens is 1. The molecular weight excluding hydrogens is 310 g/mol. The van der Waals surface area contributed by atoms with Crippen molar-refractivity contribution in [2.45, 2.75) is 20.3 Å². The second kappa shape index (κ2) is 6.43. The molecule has 24 heavy (non-hydrogen) atoms. The first-order valence-corrected chi connectivity index (χ1v) is 7.77. The average Bonchev–Trinajstić information content (AvgIpc) is 2.90. The van der Waals surface area contributed by atoms with Gasteiger partial charge in [0, 0.05) is 23.2 Å². The number of aromatic nitrogens is 1. The van der Waals surface area contributed by atoms with Crippen LogP contribution in [0.1, 0.15) is 27.2 Å². The minimum atomic E-state index is -0.376. The molecule has 3 nitrogen and oxygen atoms in total. The molecule has 2 N–H and O–H groups in total. The number of benzene rings is 2. The summed E-state index contributed by atoms with van der Waals surface area (Å²) in [4.78, 5) is 15.1. The third-order valence-corrected chi connectivity index (χ3v) is 4.20. The minimum Gasteiger partial charge on any atom is -0.356 e. The molecule has 124 valence electrons. The van der Waals surface area contributed by atoms with Crippen LogP contribution >= 0.6 is 0 Å². The Morgan fingerprint density at radius 1 is 1.08 bits per heavy atom. The highest BCUT2D eigenvalue weighted by Gasteiger charge is 2.14. The summed E-state index contributed by atoms with van der Waals surface area (Å²) in [5, 5.41) is 3.69. The number of carbonyl (C=O) groups is 1. The normalized spacial score (nSPS) is 11.0. The number of aryl methyl sites for hydroxylation is 2. The van der Waals surface area contributed by atoms with E-state index in [1.165, 1.54) is 30.3 Å². The number of halogens is 2. The molecule has 5 heteroatoms. The summed E-state index contributed by atoms with van der Waals surface area (Å²) >= 11 is 0. The van der Waals surface area contributed by atoms with E-state index >= 15 is 0 Å². The van der Waals surface area contributed by atoms with Crippen molar-refractivity contribution in [1.29, 1.82) is 0 Å². The van der Waals surface area contributed by atoms with Crippen molar-refractivity contribution in [3.05, 3.63) is 70.4 Å². The molecule has 0 aliphatic heterocycles.